The molecule has 2 aliphatic rings. The molecule has 2 fully saturated rings. The van der Waals surface area contributed by atoms with E-state index in [1.165, 1.54) is 45.2 Å². The van der Waals surface area contributed by atoms with Gasteiger partial charge in [0.25, 0.3) is 0 Å². The van der Waals surface area contributed by atoms with Gasteiger partial charge in [0.05, 0.1) is 0 Å². The van der Waals surface area contributed by atoms with E-state index >= 15 is 0 Å². The zero-order chi connectivity index (χ0) is 10.8. The Balaban J connectivity index is 1.69. The average Bonchev–Trinajstić information content (AvgIpc) is 3.13. The van der Waals surface area contributed by atoms with Gasteiger partial charge >= 0.3 is 0 Å². The normalized spacial score (nSPS) is 27.6. The van der Waals surface area contributed by atoms with Crippen molar-refractivity contribution < 1.29 is 0 Å². The molecule has 1 heteroatoms. The molecule has 1 N–H and O–H groups in total. The highest BCUT2D eigenvalue weighted by Gasteiger charge is 2.45. The fourth-order valence-electron chi connectivity index (χ4n) is 3.20. The third-order valence-electron chi connectivity index (χ3n) is 4.32. The Morgan fingerprint density at radius 1 is 1.19 bits per heavy atom. The minimum Gasteiger partial charge on any atom is -0.316 e. The predicted octanol–water partition coefficient (Wildman–Crippen LogP) is 3.11. The predicted molar refractivity (Wildman–Crippen MR) is 67.6 cm³/mol. The van der Waals surface area contributed by atoms with Crippen LogP contribution in [-0.4, -0.2) is 13.1 Å². The lowest BCUT2D eigenvalue weighted by atomic mass is 9.83. The fraction of sp³-hybridized carbons (Fsp3) is 0.600. The van der Waals surface area contributed by atoms with Crippen LogP contribution in [0.3, 0.4) is 0 Å². The molecule has 1 saturated heterocycles. The summed E-state index contributed by atoms with van der Waals surface area (Å²) in [5.74, 6) is 0.913. The van der Waals surface area contributed by atoms with Crippen molar-refractivity contribution in [2.75, 3.05) is 13.1 Å². The number of benzene rings is 1. The molecule has 1 heterocycles. The van der Waals surface area contributed by atoms with Crippen LogP contribution in [0.25, 0.3) is 0 Å². The van der Waals surface area contributed by atoms with E-state index in [1.807, 2.05) is 0 Å². The topological polar surface area (TPSA) is 12.0 Å². The Hall–Kier alpha value is -0.820. The van der Waals surface area contributed by atoms with Crippen molar-refractivity contribution >= 4 is 0 Å². The first-order valence-electron chi connectivity index (χ1n) is 6.65. The monoisotopic (exact) mass is 215 g/mol. The van der Waals surface area contributed by atoms with E-state index in [2.05, 4.69) is 35.6 Å². The molecule has 3 rings (SSSR count). The molecule has 0 bridgehead atoms. The Kier molecular flexibility index (Phi) is 2.72. The van der Waals surface area contributed by atoms with Gasteiger partial charge in [-0.2, -0.15) is 0 Å². The number of hydrogen-bond donors (Lipinski definition) is 1. The van der Waals surface area contributed by atoms with Crippen LogP contribution in [0.4, 0.5) is 0 Å². The van der Waals surface area contributed by atoms with Crippen molar-refractivity contribution in [3.05, 3.63) is 35.9 Å². The number of rotatable bonds is 3. The highest BCUT2D eigenvalue weighted by Crippen LogP contribution is 2.53. The molecule has 86 valence electrons. The van der Waals surface area contributed by atoms with E-state index in [4.69, 9.17) is 0 Å². The quantitative estimate of drug-likeness (QED) is 0.817. The van der Waals surface area contributed by atoms with Gasteiger partial charge in [-0.1, -0.05) is 30.3 Å². The van der Waals surface area contributed by atoms with Gasteiger partial charge in [-0.05, 0) is 62.1 Å². The molecule has 1 nitrogen and oxygen atoms in total. The van der Waals surface area contributed by atoms with Crippen LogP contribution in [0.1, 0.15) is 37.7 Å². The first-order chi connectivity index (χ1) is 7.89. The minimum absolute atomic E-state index is 0.560. The molecular weight excluding hydrogens is 194 g/mol. The molecule has 1 aliphatic carbocycles. The Bertz CT molecular complexity index is 334. The molecule has 1 aliphatic heterocycles. The highest BCUT2D eigenvalue weighted by molar-refractivity contribution is 5.31. The Morgan fingerprint density at radius 2 is 2.00 bits per heavy atom. The lowest BCUT2D eigenvalue weighted by Gasteiger charge is -2.27. The van der Waals surface area contributed by atoms with Gasteiger partial charge in [0.15, 0.2) is 0 Å². The Morgan fingerprint density at radius 3 is 2.62 bits per heavy atom. The molecule has 16 heavy (non-hydrogen) atoms. The highest BCUT2D eigenvalue weighted by atomic mass is 14.9. The van der Waals surface area contributed by atoms with Crippen LogP contribution >= 0.6 is 0 Å². The van der Waals surface area contributed by atoms with Gasteiger partial charge in [0.2, 0.25) is 0 Å². The smallest absolute Gasteiger partial charge is 0.00202 e. The van der Waals surface area contributed by atoms with Crippen LogP contribution in [-0.2, 0) is 5.41 Å². The van der Waals surface area contributed by atoms with E-state index in [0.717, 1.165) is 5.92 Å². The molecule has 1 unspecified atom stereocenters. The van der Waals surface area contributed by atoms with Crippen molar-refractivity contribution in [3.63, 3.8) is 0 Å². The Labute approximate surface area is 98.3 Å². The maximum atomic E-state index is 3.54. The molecule has 0 radical (unpaired) electrons. The van der Waals surface area contributed by atoms with Crippen molar-refractivity contribution in [2.24, 2.45) is 5.92 Å². The van der Waals surface area contributed by atoms with E-state index in [1.54, 1.807) is 5.56 Å². The van der Waals surface area contributed by atoms with E-state index in [9.17, 15) is 0 Å². The van der Waals surface area contributed by atoms with Gasteiger partial charge in [0.1, 0.15) is 0 Å². The maximum Gasteiger partial charge on any atom is -0.00202 e. The second kappa shape index (κ2) is 4.21. The van der Waals surface area contributed by atoms with Gasteiger partial charge in [-0.25, -0.2) is 0 Å². The summed E-state index contributed by atoms with van der Waals surface area (Å²) < 4.78 is 0. The molecule has 1 atom stereocenters. The minimum atomic E-state index is 0.560. The zero-order valence-corrected chi connectivity index (χ0v) is 9.91. The molecule has 1 aromatic rings. The molecule has 0 amide bonds. The van der Waals surface area contributed by atoms with E-state index < -0.39 is 0 Å². The van der Waals surface area contributed by atoms with Crippen molar-refractivity contribution in [3.8, 4) is 0 Å². The first-order valence-corrected chi connectivity index (χ1v) is 6.65. The summed E-state index contributed by atoms with van der Waals surface area (Å²) >= 11 is 0. The fourth-order valence-corrected chi connectivity index (χ4v) is 3.20. The first kappa shape index (κ1) is 10.3. The van der Waals surface area contributed by atoms with E-state index in [0.29, 0.717) is 5.41 Å². The summed E-state index contributed by atoms with van der Waals surface area (Å²) in [6.45, 7) is 2.48. The van der Waals surface area contributed by atoms with Gasteiger partial charge < -0.3 is 5.32 Å². The summed E-state index contributed by atoms with van der Waals surface area (Å²) in [7, 11) is 0. The van der Waals surface area contributed by atoms with Crippen LogP contribution in [0.15, 0.2) is 30.3 Å². The summed E-state index contributed by atoms with van der Waals surface area (Å²) in [5, 5.41) is 3.54. The largest absolute Gasteiger partial charge is 0.316 e. The third kappa shape index (κ3) is 2.01. The molecule has 1 aromatic carbocycles. The van der Waals surface area contributed by atoms with Crippen molar-refractivity contribution in [1.82, 2.24) is 5.32 Å². The summed E-state index contributed by atoms with van der Waals surface area (Å²) in [4.78, 5) is 0. The average molecular weight is 215 g/mol. The van der Waals surface area contributed by atoms with Crippen LogP contribution in [0.5, 0.6) is 0 Å². The maximum absolute atomic E-state index is 3.54. The molecule has 0 aromatic heterocycles. The standard InChI is InChI=1S/C15H21N/c1-2-6-14(7-3-1)15(8-9-15)11-13-5-4-10-16-12-13/h1-3,6-7,13,16H,4-5,8-12H2. The van der Waals surface area contributed by atoms with Gasteiger partial charge in [0, 0.05) is 0 Å². The van der Waals surface area contributed by atoms with Crippen LogP contribution in [0.2, 0.25) is 0 Å². The molecular formula is C15H21N. The van der Waals surface area contributed by atoms with Crippen LogP contribution < -0.4 is 5.32 Å². The molecule has 1 saturated carbocycles. The second-order valence-corrected chi connectivity index (χ2v) is 5.56. The van der Waals surface area contributed by atoms with Crippen molar-refractivity contribution in [1.29, 1.82) is 0 Å². The third-order valence-corrected chi connectivity index (χ3v) is 4.32. The SMILES string of the molecule is c1ccc(C2(CC3CCCNC3)CC2)cc1. The van der Waals surface area contributed by atoms with Crippen molar-refractivity contribution in [2.45, 2.75) is 37.5 Å². The van der Waals surface area contributed by atoms with Gasteiger partial charge in [-0.3, -0.25) is 0 Å². The number of nitrogens with one attached hydrogen (secondary N) is 1. The lowest BCUT2D eigenvalue weighted by Crippen LogP contribution is -2.31. The van der Waals surface area contributed by atoms with Crippen LogP contribution in [0, 0.1) is 5.92 Å². The molecule has 0 spiro atoms. The summed E-state index contributed by atoms with van der Waals surface area (Å²) in [5.41, 5.74) is 2.14. The second-order valence-electron chi connectivity index (χ2n) is 5.56. The zero-order valence-electron chi connectivity index (χ0n) is 9.91. The van der Waals surface area contributed by atoms with E-state index in [-0.39, 0.29) is 0 Å². The summed E-state index contributed by atoms with van der Waals surface area (Å²) in [6.07, 6.45) is 7.03. The lowest BCUT2D eigenvalue weighted by molar-refractivity contribution is 0.327. The van der Waals surface area contributed by atoms with Gasteiger partial charge in [-0.15, -0.1) is 0 Å². The summed E-state index contributed by atoms with van der Waals surface area (Å²) in [6, 6.07) is 11.2. The number of piperidine rings is 1. The number of hydrogen-bond acceptors (Lipinski definition) is 1.